The van der Waals surface area contributed by atoms with Crippen LogP contribution in [0.3, 0.4) is 0 Å². The van der Waals surface area contributed by atoms with Crippen LogP contribution in [0.5, 0.6) is 0 Å². The first-order chi connectivity index (χ1) is 13.7. The van der Waals surface area contributed by atoms with Crippen LogP contribution in [0.25, 0.3) is 0 Å². The van der Waals surface area contributed by atoms with Crippen LogP contribution < -0.4 is 10.6 Å². The zero-order valence-electron chi connectivity index (χ0n) is 17.0. The molecule has 1 aromatic carbocycles. The van der Waals surface area contributed by atoms with Gasteiger partial charge in [0.2, 0.25) is 5.91 Å². The lowest BCUT2D eigenvalue weighted by molar-refractivity contribution is -0.131. The monoisotopic (exact) mass is 383 g/mol. The summed E-state index contributed by atoms with van der Waals surface area (Å²) in [6, 6.07) is 9.71. The minimum Gasteiger partial charge on any atom is -0.356 e. The number of hydrogen-bond donors (Lipinski definition) is 2. The Balaban J connectivity index is 1.12. The lowest BCUT2D eigenvalue weighted by atomic mass is 10.1. The molecule has 2 N–H and O–H groups in total. The number of piperidine rings is 1. The van der Waals surface area contributed by atoms with Gasteiger partial charge >= 0.3 is 0 Å². The van der Waals surface area contributed by atoms with Crippen molar-refractivity contribution < 1.29 is 4.79 Å². The number of guanidine groups is 1. The van der Waals surface area contributed by atoms with Crippen molar-refractivity contribution in [1.82, 2.24) is 20.4 Å². The first-order valence-electron chi connectivity index (χ1n) is 10.8. The molecule has 1 saturated heterocycles. The summed E-state index contributed by atoms with van der Waals surface area (Å²) in [6.07, 6.45) is 6.56. The molecule has 6 heteroatoms. The van der Waals surface area contributed by atoms with Gasteiger partial charge in [0.1, 0.15) is 0 Å². The lowest BCUT2D eigenvalue weighted by Crippen LogP contribution is -2.49. The predicted octanol–water partition coefficient (Wildman–Crippen LogP) is 2.10. The van der Waals surface area contributed by atoms with E-state index in [4.69, 9.17) is 0 Å². The zero-order valence-corrected chi connectivity index (χ0v) is 17.0. The molecule has 152 valence electrons. The molecule has 0 aromatic heterocycles. The van der Waals surface area contributed by atoms with Crippen LogP contribution in [0.15, 0.2) is 29.3 Å². The highest BCUT2D eigenvalue weighted by molar-refractivity contribution is 5.80. The van der Waals surface area contributed by atoms with E-state index in [1.54, 1.807) is 0 Å². The molecule has 6 nitrogen and oxygen atoms in total. The summed E-state index contributed by atoms with van der Waals surface area (Å²) in [6.45, 7) is 4.68. The van der Waals surface area contributed by atoms with Gasteiger partial charge in [-0.05, 0) is 43.2 Å². The second-order valence-electron chi connectivity index (χ2n) is 8.31. The first kappa shape index (κ1) is 19.2. The number of nitrogens with zero attached hydrogens (tertiary/aromatic N) is 3. The lowest BCUT2D eigenvalue weighted by Gasteiger charge is -2.33. The topological polar surface area (TPSA) is 60.0 Å². The Kier molecular flexibility index (Phi) is 6.15. The van der Waals surface area contributed by atoms with E-state index >= 15 is 0 Å². The Morgan fingerprint density at radius 1 is 1.11 bits per heavy atom. The van der Waals surface area contributed by atoms with Crippen molar-refractivity contribution in [1.29, 1.82) is 0 Å². The van der Waals surface area contributed by atoms with Gasteiger partial charge in [-0.3, -0.25) is 9.79 Å². The highest BCUT2D eigenvalue weighted by Crippen LogP contribution is 2.29. The normalized spacial score (nSPS) is 20.9. The summed E-state index contributed by atoms with van der Waals surface area (Å²) in [5.41, 5.74) is 2.57. The van der Waals surface area contributed by atoms with Crippen molar-refractivity contribution in [3.63, 3.8) is 0 Å². The quantitative estimate of drug-likeness (QED) is 0.449. The molecule has 0 unspecified atom stereocenters. The molecular weight excluding hydrogens is 350 g/mol. The molecule has 3 aliphatic rings. The summed E-state index contributed by atoms with van der Waals surface area (Å²) in [5.74, 6) is 1.11. The molecule has 4 rings (SSSR count). The van der Waals surface area contributed by atoms with Gasteiger partial charge in [-0.1, -0.05) is 24.3 Å². The minimum atomic E-state index is 0.244. The summed E-state index contributed by atoms with van der Waals surface area (Å²) in [7, 11) is 1.82. The SMILES string of the molecule is CN=C(NCCCC(=O)N1Cc2ccccc2C1)NC1CCN(C2CC2)CC1. The molecule has 0 atom stereocenters. The van der Waals surface area contributed by atoms with Gasteiger partial charge in [0.15, 0.2) is 5.96 Å². The molecule has 2 fully saturated rings. The van der Waals surface area contributed by atoms with Crippen LogP contribution in [-0.4, -0.2) is 60.4 Å². The predicted molar refractivity (Wildman–Crippen MR) is 112 cm³/mol. The van der Waals surface area contributed by atoms with Crippen molar-refractivity contribution in [3.8, 4) is 0 Å². The largest absolute Gasteiger partial charge is 0.356 e. The maximum Gasteiger partial charge on any atom is 0.223 e. The third-order valence-electron chi connectivity index (χ3n) is 6.21. The summed E-state index contributed by atoms with van der Waals surface area (Å²) in [5, 5.41) is 6.94. The zero-order chi connectivity index (χ0) is 19.3. The minimum absolute atomic E-state index is 0.244. The maximum absolute atomic E-state index is 12.5. The number of nitrogens with one attached hydrogen (secondary N) is 2. The molecule has 2 heterocycles. The molecule has 1 aliphatic carbocycles. The standard InChI is InChI=1S/C22H33N5O/c1-23-22(25-19-10-13-26(14-11-19)20-8-9-20)24-12-4-7-21(28)27-15-17-5-2-3-6-18(17)16-27/h2-3,5-6,19-20H,4,7-16H2,1H3,(H2,23,24,25). The fraction of sp³-hybridized carbons (Fsp3) is 0.636. The molecular formula is C22H33N5O. The number of carbonyl (C=O) groups excluding carboxylic acids is 1. The first-order valence-corrected chi connectivity index (χ1v) is 10.8. The number of aliphatic imine (C=N–C) groups is 1. The van der Waals surface area contributed by atoms with Crippen LogP contribution in [0.2, 0.25) is 0 Å². The molecule has 2 aliphatic heterocycles. The third-order valence-corrected chi connectivity index (χ3v) is 6.21. The van der Waals surface area contributed by atoms with E-state index in [0.717, 1.165) is 38.1 Å². The second kappa shape index (κ2) is 8.95. The molecule has 0 spiro atoms. The van der Waals surface area contributed by atoms with Crippen molar-refractivity contribution in [2.24, 2.45) is 4.99 Å². The summed E-state index contributed by atoms with van der Waals surface area (Å²) >= 11 is 0. The molecule has 0 radical (unpaired) electrons. The van der Waals surface area contributed by atoms with Gasteiger partial charge in [0.05, 0.1) is 0 Å². The number of amides is 1. The molecule has 0 bridgehead atoms. The number of benzene rings is 1. The number of hydrogen-bond acceptors (Lipinski definition) is 3. The maximum atomic E-state index is 12.5. The van der Waals surface area contributed by atoms with E-state index in [9.17, 15) is 4.79 Å². The third kappa shape index (κ3) is 4.85. The Morgan fingerprint density at radius 2 is 1.79 bits per heavy atom. The van der Waals surface area contributed by atoms with Gasteiger partial charge < -0.3 is 20.4 Å². The summed E-state index contributed by atoms with van der Waals surface area (Å²) in [4.78, 5) is 21.4. The fourth-order valence-electron chi connectivity index (χ4n) is 4.35. The Hall–Kier alpha value is -2.08. The van der Waals surface area contributed by atoms with Crippen LogP contribution in [0.1, 0.15) is 49.7 Å². The number of likely N-dealkylation sites (tertiary alicyclic amines) is 1. The van der Waals surface area contributed by atoms with Gasteiger partial charge in [0, 0.05) is 58.3 Å². The molecule has 1 saturated carbocycles. The average Bonchev–Trinajstić information content (AvgIpc) is 3.48. The van der Waals surface area contributed by atoms with Crippen molar-refractivity contribution in [3.05, 3.63) is 35.4 Å². The molecule has 1 aromatic rings. The highest BCUT2D eigenvalue weighted by Gasteiger charge is 2.31. The molecule has 28 heavy (non-hydrogen) atoms. The number of rotatable bonds is 6. The van der Waals surface area contributed by atoms with Crippen LogP contribution >= 0.6 is 0 Å². The number of carbonyl (C=O) groups is 1. The van der Waals surface area contributed by atoms with Gasteiger partial charge in [-0.2, -0.15) is 0 Å². The Labute approximate surface area is 168 Å². The van der Waals surface area contributed by atoms with Crippen LogP contribution in [-0.2, 0) is 17.9 Å². The number of fused-ring (bicyclic) bond motifs is 1. The van der Waals surface area contributed by atoms with E-state index in [1.165, 1.54) is 49.9 Å². The summed E-state index contributed by atoms with van der Waals surface area (Å²) < 4.78 is 0. The van der Waals surface area contributed by atoms with Crippen molar-refractivity contribution in [2.45, 2.75) is 63.7 Å². The Bertz CT molecular complexity index is 682. The second-order valence-corrected chi connectivity index (χ2v) is 8.31. The van der Waals surface area contributed by atoms with Gasteiger partial charge in [-0.25, -0.2) is 0 Å². The molecule has 1 amide bonds. The van der Waals surface area contributed by atoms with Gasteiger partial charge in [0.25, 0.3) is 0 Å². The van der Waals surface area contributed by atoms with E-state index in [-0.39, 0.29) is 5.91 Å². The van der Waals surface area contributed by atoms with Crippen molar-refractivity contribution >= 4 is 11.9 Å². The van der Waals surface area contributed by atoms with E-state index in [2.05, 4.69) is 32.7 Å². The van der Waals surface area contributed by atoms with E-state index < -0.39 is 0 Å². The smallest absolute Gasteiger partial charge is 0.223 e. The van der Waals surface area contributed by atoms with E-state index in [0.29, 0.717) is 12.5 Å². The fourth-order valence-corrected chi connectivity index (χ4v) is 4.35. The van der Waals surface area contributed by atoms with Crippen molar-refractivity contribution in [2.75, 3.05) is 26.7 Å². The van der Waals surface area contributed by atoms with E-state index in [1.807, 2.05) is 24.1 Å². The Morgan fingerprint density at radius 3 is 2.39 bits per heavy atom. The highest BCUT2D eigenvalue weighted by atomic mass is 16.2. The van der Waals surface area contributed by atoms with Gasteiger partial charge in [-0.15, -0.1) is 0 Å². The average molecular weight is 384 g/mol. The van der Waals surface area contributed by atoms with Crippen LogP contribution in [0, 0.1) is 0 Å². The van der Waals surface area contributed by atoms with Crippen LogP contribution in [0.4, 0.5) is 0 Å².